The standard InChI is InChI=1S/C11H9F3O3/c1-2-17-11(16)9(14)10(15)7-4-3-6(12)5-8(7)13/h3-5,9H,2H2,1H3. The predicted molar refractivity (Wildman–Crippen MR) is 52.2 cm³/mol. The maximum Gasteiger partial charge on any atom is 0.349 e. The van der Waals surface area contributed by atoms with Gasteiger partial charge in [-0.25, -0.2) is 18.0 Å². The molecule has 1 aromatic carbocycles. The van der Waals surface area contributed by atoms with Gasteiger partial charge in [0.1, 0.15) is 11.6 Å². The van der Waals surface area contributed by atoms with E-state index >= 15 is 0 Å². The molecule has 17 heavy (non-hydrogen) atoms. The molecule has 0 bridgehead atoms. The van der Waals surface area contributed by atoms with Crippen molar-refractivity contribution in [3.8, 4) is 0 Å². The van der Waals surface area contributed by atoms with Gasteiger partial charge in [0.25, 0.3) is 6.17 Å². The molecule has 1 unspecified atom stereocenters. The van der Waals surface area contributed by atoms with Crippen LogP contribution >= 0.6 is 0 Å². The van der Waals surface area contributed by atoms with Gasteiger partial charge in [0.2, 0.25) is 5.78 Å². The van der Waals surface area contributed by atoms with Crippen LogP contribution in [0.15, 0.2) is 18.2 Å². The molecule has 3 nitrogen and oxygen atoms in total. The van der Waals surface area contributed by atoms with Crippen molar-refractivity contribution in [1.29, 1.82) is 0 Å². The number of ether oxygens (including phenoxy) is 1. The van der Waals surface area contributed by atoms with Crippen molar-refractivity contribution in [2.24, 2.45) is 0 Å². The number of hydrogen-bond acceptors (Lipinski definition) is 3. The molecule has 0 saturated heterocycles. The van der Waals surface area contributed by atoms with Crippen LogP contribution in [0.3, 0.4) is 0 Å². The van der Waals surface area contributed by atoms with Gasteiger partial charge >= 0.3 is 5.97 Å². The molecule has 0 aliphatic carbocycles. The number of rotatable bonds is 4. The van der Waals surface area contributed by atoms with E-state index in [1.807, 2.05) is 0 Å². The first-order chi connectivity index (χ1) is 7.97. The first-order valence-corrected chi connectivity index (χ1v) is 4.77. The molecule has 0 aliphatic heterocycles. The Morgan fingerprint density at radius 1 is 1.35 bits per heavy atom. The summed E-state index contributed by atoms with van der Waals surface area (Å²) < 4.78 is 43.2. The molecule has 1 aromatic rings. The maximum atomic E-state index is 13.3. The van der Waals surface area contributed by atoms with E-state index < -0.39 is 35.1 Å². The molecule has 0 N–H and O–H groups in total. The average molecular weight is 246 g/mol. The zero-order valence-corrected chi connectivity index (χ0v) is 8.88. The van der Waals surface area contributed by atoms with Crippen LogP contribution in [-0.2, 0) is 9.53 Å². The highest BCUT2D eigenvalue weighted by atomic mass is 19.1. The van der Waals surface area contributed by atoms with E-state index in [-0.39, 0.29) is 6.61 Å². The van der Waals surface area contributed by atoms with Crippen LogP contribution in [0.25, 0.3) is 0 Å². The predicted octanol–water partition coefficient (Wildman–Crippen LogP) is 2.05. The first-order valence-electron chi connectivity index (χ1n) is 4.77. The van der Waals surface area contributed by atoms with Gasteiger partial charge in [-0.15, -0.1) is 0 Å². The average Bonchev–Trinajstić information content (AvgIpc) is 2.27. The van der Waals surface area contributed by atoms with E-state index in [9.17, 15) is 22.8 Å². The van der Waals surface area contributed by atoms with E-state index in [1.165, 1.54) is 6.92 Å². The molecule has 1 atom stereocenters. The number of esters is 1. The maximum absolute atomic E-state index is 13.3. The van der Waals surface area contributed by atoms with Crippen molar-refractivity contribution in [2.75, 3.05) is 6.61 Å². The van der Waals surface area contributed by atoms with Gasteiger partial charge in [-0.3, -0.25) is 4.79 Å². The lowest BCUT2D eigenvalue weighted by atomic mass is 10.1. The molecule has 0 spiro atoms. The monoisotopic (exact) mass is 246 g/mol. The lowest BCUT2D eigenvalue weighted by molar-refractivity contribution is -0.147. The summed E-state index contributed by atoms with van der Waals surface area (Å²) in [5.74, 6) is -4.89. The van der Waals surface area contributed by atoms with Crippen molar-refractivity contribution in [3.05, 3.63) is 35.4 Å². The van der Waals surface area contributed by atoms with Gasteiger partial charge in [0.15, 0.2) is 0 Å². The minimum Gasteiger partial charge on any atom is -0.463 e. The van der Waals surface area contributed by atoms with E-state index in [4.69, 9.17) is 0 Å². The lowest BCUT2D eigenvalue weighted by Crippen LogP contribution is -2.28. The lowest BCUT2D eigenvalue weighted by Gasteiger charge is -2.07. The van der Waals surface area contributed by atoms with E-state index in [1.54, 1.807) is 0 Å². The van der Waals surface area contributed by atoms with E-state index in [0.717, 1.165) is 12.1 Å². The Balaban J connectivity index is 2.92. The second-order valence-electron chi connectivity index (χ2n) is 3.10. The number of carbonyl (C=O) groups is 2. The van der Waals surface area contributed by atoms with Crippen LogP contribution in [0.5, 0.6) is 0 Å². The summed E-state index contributed by atoms with van der Waals surface area (Å²) in [4.78, 5) is 22.3. The minimum atomic E-state index is -2.60. The zero-order chi connectivity index (χ0) is 13.0. The summed E-state index contributed by atoms with van der Waals surface area (Å²) in [5, 5.41) is 0. The fourth-order valence-electron chi connectivity index (χ4n) is 1.15. The number of alkyl halides is 1. The third-order valence-electron chi connectivity index (χ3n) is 1.92. The van der Waals surface area contributed by atoms with Crippen molar-refractivity contribution in [2.45, 2.75) is 13.1 Å². The Bertz CT molecular complexity index is 446. The van der Waals surface area contributed by atoms with Crippen LogP contribution in [-0.4, -0.2) is 24.5 Å². The number of halogens is 3. The number of carbonyl (C=O) groups excluding carboxylic acids is 2. The van der Waals surface area contributed by atoms with Gasteiger partial charge < -0.3 is 4.74 Å². The molecule has 1 rings (SSSR count). The summed E-state index contributed by atoms with van der Waals surface area (Å²) in [6.45, 7) is 1.34. The van der Waals surface area contributed by atoms with Gasteiger partial charge in [-0.2, -0.15) is 0 Å². The topological polar surface area (TPSA) is 43.4 Å². The minimum absolute atomic E-state index is 0.0988. The summed E-state index contributed by atoms with van der Waals surface area (Å²) in [6.07, 6.45) is -2.60. The largest absolute Gasteiger partial charge is 0.463 e. The molecular formula is C11H9F3O3. The van der Waals surface area contributed by atoms with Gasteiger partial charge in [-0.1, -0.05) is 0 Å². The van der Waals surface area contributed by atoms with Gasteiger partial charge in [-0.05, 0) is 19.1 Å². The second-order valence-corrected chi connectivity index (χ2v) is 3.10. The molecule has 0 saturated carbocycles. The molecule has 92 valence electrons. The molecule has 0 fully saturated rings. The fourth-order valence-corrected chi connectivity index (χ4v) is 1.15. The van der Waals surface area contributed by atoms with Crippen LogP contribution in [0.1, 0.15) is 17.3 Å². The highest BCUT2D eigenvalue weighted by Gasteiger charge is 2.30. The number of hydrogen-bond donors (Lipinski definition) is 0. The first kappa shape index (κ1) is 13.2. The third kappa shape index (κ3) is 3.05. The summed E-state index contributed by atoms with van der Waals surface area (Å²) in [7, 11) is 0. The molecule has 0 radical (unpaired) electrons. The Kier molecular flexibility index (Phi) is 4.25. The SMILES string of the molecule is CCOC(=O)C(F)C(=O)c1ccc(F)cc1F. The van der Waals surface area contributed by atoms with Gasteiger partial charge in [0.05, 0.1) is 12.2 Å². The van der Waals surface area contributed by atoms with Crippen molar-refractivity contribution in [3.63, 3.8) is 0 Å². The molecule has 0 amide bonds. The highest BCUT2D eigenvalue weighted by molar-refractivity contribution is 6.11. The Hall–Kier alpha value is -1.85. The third-order valence-corrected chi connectivity index (χ3v) is 1.92. The van der Waals surface area contributed by atoms with Crippen molar-refractivity contribution < 1.29 is 27.5 Å². The van der Waals surface area contributed by atoms with Gasteiger partial charge in [0, 0.05) is 6.07 Å². The normalized spacial score (nSPS) is 12.0. The van der Waals surface area contributed by atoms with Crippen LogP contribution < -0.4 is 0 Å². The molecule has 0 aliphatic rings. The van der Waals surface area contributed by atoms with Crippen LogP contribution in [0.2, 0.25) is 0 Å². The molecule has 0 heterocycles. The Morgan fingerprint density at radius 3 is 2.53 bits per heavy atom. The summed E-state index contributed by atoms with van der Waals surface area (Å²) in [5.41, 5.74) is -0.688. The van der Waals surface area contributed by atoms with E-state index in [0.29, 0.717) is 6.07 Å². The van der Waals surface area contributed by atoms with Crippen molar-refractivity contribution >= 4 is 11.8 Å². The fraction of sp³-hybridized carbons (Fsp3) is 0.273. The Morgan fingerprint density at radius 2 is 2.00 bits per heavy atom. The van der Waals surface area contributed by atoms with Crippen molar-refractivity contribution in [1.82, 2.24) is 0 Å². The summed E-state index contributed by atoms with van der Waals surface area (Å²) >= 11 is 0. The number of benzene rings is 1. The molecule has 6 heteroatoms. The zero-order valence-electron chi connectivity index (χ0n) is 8.88. The molecule has 0 aromatic heterocycles. The number of ketones is 1. The number of Topliss-reactive ketones (excluding diaryl/α,β-unsaturated/α-hetero) is 1. The second kappa shape index (κ2) is 5.47. The smallest absolute Gasteiger partial charge is 0.349 e. The summed E-state index contributed by atoms with van der Waals surface area (Å²) in [6, 6.07) is 2.01. The van der Waals surface area contributed by atoms with Crippen LogP contribution in [0.4, 0.5) is 13.2 Å². The highest BCUT2D eigenvalue weighted by Crippen LogP contribution is 2.14. The Labute approximate surface area is 95.2 Å². The van der Waals surface area contributed by atoms with Crippen LogP contribution in [0, 0.1) is 11.6 Å². The molecular weight excluding hydrogens is 237 g/mol. The quantitative estimate of drug-likeness (QED) is 0.464. The van der Waals surface area contributed by atoms with E-state index in [2.05, 4.69) is 4.74 Å².